The predicted molar refractivity (Wildman–Crippen MR) is 118 cm³/mol. The maximum Gasteiger partial charge on any atom is 0.412 e. The molecular formula is C21H40N6O2. The summed E-state index contributed by atoms with van der Waals surface area (Å²) in [5.74, 6) is 0.493. The van der Waals surface area contributed by atoms with E-state index in [0.29, 0.717) is 5.75 Å². The Labute approximate surface area is 176 Å². The molecule has 1 rings (SSSR count). The standard InChI is InChI=1S/C21H40N6O2/c1-3-10-23-16-17-24-11-5-4-6-12-26-18-19(7-13-22-2)27-21(28)29-20-8-14-25-15-9-20/h8-9,14-15,19,22-24,26H,3-7,10-13,16-18H2,1-2H3,(H,27,28). The highest BCUT2D eigenvalue weighted by Gasteiger charge is 2.13. The first kappa shape index (κ1) is 25.3. The Bertz CT molecular complexity index is 503. The van der Waals surface area contributed by atoms with Crippen LogP contribution in [0.2, 0.25) is 0 Å². The van der Waals surface area contributed by atoms with Crippen molar-refractivity contribution in [2.24, 2.45) is 0 Å². The van der Waals surface area contributed by atoms with E-state index in [-0.39, 0.29) is 6.04 Å². The molecule has 1 aromatic rings. The number of unbranched alkanes of at least 4 members (excludes halogenated alkanes) is 2. The largest absolute Gasteiger partial charge is 0.412 e. The Morgan fingerprint density at radius 1 is 0.966 bits per heavy atom. The average Bonchev–Trinajstić information content (AvgIpc) is 2.73. The SMILES string of the molecule is CCCNCCNCCCCCNCC(CCNC)NC(=O)Oc1ccncc1. The normalized spacial score (nSPS) is 11.9. The molecule has 1 atom stereocenters. The number of rotatable bonds is 18. The minimum atomic E-state index is -0.432. The van der Waals surface area contributed by atoms with E-state index in [4.69, 9.17) is 4.74 Å². The molecule has 0 aliphatic rings. The number of carbonyl (C=O) groups excluding carboxylic acids is 1. The Morgan fingerprint density at radius 2 is 1.66 bits per heavy atom. The second-order valence-electron chi connectivity index (χ2n) is 7.07. The van der Waals surface area contributed by atoms with Crippen molar-refractivity contribution in [2.75, 3.05) is 52.9 Å². The van der Waals surface area contributed by atoms with Crippen molar-refractivity contribution in [3.8, 4) is 5.75 Å². The molecule has 8 nitrogen and oxygen atoms in total. The quantitative estimate of drug-likeness (QED) is 0.235. The Balaban J connectivity index is 2.08. The summed E-state index contributed by atoms with van der Waals surface area (Å²) >= 11 is 0. The number of amides is 1. The summed E-state index contributed by atoms with van der Waals surface area (Å²) < 4.78 is 5.29. The van der Waals surface area contributed by atoms with Gasteiger partial charge in [0.2, 0.25) is 0 Å². The third-order valence-corrected chi connectivity index (χ3v) is 4.43. The highest BCUT2D eigenvalue weighted by Crippen LogP contribution is 2.07. The minimum Gasteiger partial charge on any atom is -0.410 e. The zero-order valence-electron chi connectivity index (χ0n) is 18.1. The van der Waals surface area contributed by atoms with Crippen LogP contribution >= 0.6 is 0 Å². The van der Waals surface area contributed by atoms with Gasteiger partial charge in [0.1, 0.15) is 5.75 Å². The monoisotopic (exact) mass is 408 g/mol. The molecule has 1 unspecified atom stereocenters. The first-order valence-corrected chi connectivity index (χ1v) is 10.9. The van der Waals surface area contributed by atoms with E-state index >= 15 is 0 Å². The van der Waals surface area contributed by atoms with Gasteiger partial charge in [-0.05, 0) is 71.0 Å². The van der Waals surface area contributed by atoms with Crippen molar-refractivity contribution >= 4 is 6.09 Å². The molecule has 0 spiro atoms. The zero-order valence-corrected chi connectivity index (χ0v) is 18.1. The van der Waals surface area contributed by atoms with Crippen molar-refractivity contribution < 1.29 is 9.53 Å². The van der Waals surface area contributed by atoms with Crippen molar-refractivity contribution in [3.63, 3.8) is 0 Å². The minimum absolute atomic E-state index is 0.0223. The van der Waals surface area contributed by atoms with Gasteiger partial charge in [0, 0.05) is 38.1 Å². The molecule has 0 aliphatic carbocycles. The summed E-state index contributed by atoms with van der Waals surface area (Å²) in [7, 11) is 1.91. The van der Waals surface area contributed by atoms with E-state index in [1.165, 1.54) is 19.3 Å². The molecule has 0 aromatic carbocycles. The summed E-state index contributed by atoms with van der Waals surface area (Å²) in [6, 6.07) is 3.35. The molecule has 166 valence electrons. The summed E-state index contributed by atoms with van der Waals surface area (Å²) in [6.07, 6.45) is 8.31. The van der Waals surface area contributed by atoms with Crippen LogP contribution in [0.25, 0.3) is 0 Å². The Kier molecular flexibility index (Phi) is 16.0. The van der Waals surface area contributed by atoms with Gasteiger partial charge < -0.3 is 31.3 Å². The van der Waals surface area contributed by atoms with Crippen LogP contribution in [0.5, 0.6) is 5.75 Å². The van der Waals surface area contributed by atoms with Crippen molar-refractivity contribution in [1.82, 2.24) is 31.6 Å². The molecule has 0 fully saturated rings. The molecule has 0 aliphatic heterocycles. The van der Waals surface area contributed by atoms with E-state index in [1.54, 1.807) is 24.5 Å². The highest BCUT2D eigenvalue weighted by atomic mass is 16.6. The maximum atomic E-state index is 12.1. The second kappa shape index (κ2) is 18.3. The van der Waals surface area contributed by atoms with Crippen LogP contribution in [0.4, 0.5) is 4.79 Å². The van der Waals surface area contributed by atoms with E-state index in [2.05, 4.69) is 38.5 Å². The molecule has 1 aromatic heterocycles. The van der Waals surface area contributed by atoms with Gasteiger partial charge in [-0.15, -0.1) is 0 Å². The van der Waals surface area contributed by atoms with Gasteiger partial charge in [-0.1, -0.05) is 13.3 Å². The van der Waals surface area contributed by atoms with Crippen molar-refractivity contribution in [3.05, 3.63) is 24.5 Å². The fraction of sp³-hybridized carbons (Fsp3) is 0.714. The number of hydrogen-bond acceptors (Lipinski definition) is 7. The molecule has 0 radical (unpaired) electrons. The fourth-order valence-corrected chi connectivity index (χ4v) is 2.81. The second-order valence-corrected chi connectivity index (χ2v) is 7.07. The molecule has 0 saturated heterocycles. The van der Waals surface area contributed by atoms with Crippen LogP contribution in [-0.2, 0) is 0 Å². The van der Waals surface area contributed by atoms with Crippen molar-refractivity contribution in [2.45, 2.75) is 45.1 Å². The number of nitrogens with zero attached hydrogens (tertiary/aromatic N) is 1. The molecular weight excluding hydrogens is 368 g/mol. The van der Waals surface area contributed by atoms with Crippen LogP contribution in [0.15, 0.2) is 24.5 Å². The molecule has 0 saturated carbocycles. The predicted octanol–water partition coefficient (Wildman–Crippen LogP) is 1.50. The molecule has 0 bridgehead atoms. The molecule has 1 heterocycles. The Hall–Kier alpha value is -1.74. The average molecular weight is 409 g/mol. The van der Waals surface area contributed by atoms with Crippen LogP contribution in [-0.4, -0.2) is 70.0 Å². The highest BCUT2D eigenvalue weighted by molar-refractivity contribution is 5.70. The number of pyridine rings is 1. The fourth-order valence-electron chi connectivity index (χ4n) is 2.81. The first-order valence-electron chi connectivity index (χ1n) is 10.9. The smallest absolute Gasteiger partial charge is 0.410 e. The summed E-state index contributed by atoms with van der Waals surface area (Å²) in [6.45, 7) is 8.94. The number of carbonyl (C=O) groups is 1. The lowest BCUT2D eigenvalue weighted by molar-refractivity contribution is 0.194. The van der Waals surface area contributed by atoms with Gasteiger partial charge >= 0.3 is 6.09 Å². The van der Waals surface area contributed by atoms with Crippen LogP contribution in [0, 0.1) is 0 Å². The van der Waals surface area contributed by atoms with Gasteiger partial charge in [0.15, 0.2) is 0 Å². The maximum absolute atomic E-state index is 12.1. The Morgan fingerprint density at radius 3 is 2.34 bits per heavy atom. The van der Waals surface area contributed by atoms with E-state index in [0.717, 1.165) is 58.7 Å². The van der Waals surface area contributed by atoms with Gasteiger partial charge in [-0.25, -0.2) is 4.79 Å². The molecule has 8 heteroatoms. The van der Waals surface area contributed by atoms with Gasteiger partial charge in [0.05, 0.1) is 0 Å². The number of ether oxygens (including phenoxy) is 1. The molecule has 1 amide bonds. The topological polar surface area (TPSA) is 99.3 Å². The first-order chi connectivity index (χ1) is 14.3. The summed E-state index contributed by atoms with van der Waals surface area (Å²) in [5.41, 5.74) is 0. The lowest BCUT2D eigenvalue weighted by Crippen LogP contribution is -2.44. The summed E-state index contributed by atoms with van der Waals surface area (Å²) in [4.78, 5) is 16.0. The molecule has 5 N–H and O–H groups in total. The number of hydrogen-bond donors (Lipinski definition) is 5. The zero-order chi connectivity index (χ0) is 21.0. The van der Waals surface area contributed by atoms with E-state index in [9.17, 15) is 4.79 Å². The third kappa shape index (κ3) is 14.9. The van der Waals surface area contributed by atoms with Crippen LogP contribution < -0.4 is 31.3 Å². The number of aromatic nitrogens is 1. The lowest BCUT2D eigenvalue weighted by Gasteiger charge is -2.19. The van der Waals surface area contributed by atoms with E-state index < -0.39 is 6.09 Å². The van der Waals surface area contributed by atoms with Gasteiger partial charge in [-0.3, -0.25) is 4.98 Å². The van der Waals surface area contributed by atoms with E-state index in [1.807, 2.05) is 7.05 Å². The number of nitrogens with one attached hydrogen (secondary N) is 5. The lowest BCUT2D eigenvalue weighted by atomic mass is 10.2. The van der Waals surface area contributed by atoms with Gasteiger partial charge in [-0.2, -0.15) is 0 Å². The third-order valence-electron chi connectivity index (χ3n) is 4.43. The van der Waals surface area contributed by atoms with Crippen LogP contribution in [0.1, 0.15) is 39.0 Å². The van der Waals surface area contributed by atoms with Crippen molar-refractivity contribution in [1.29, 1.82) is 0 Å². The van der Waals surface area contributed by atoms with Crippen LogP contribution in [0.3, 0.4) is 0 Å². The summed E-state index contributed by atoms with van der Waals surface area (Å²) in [5, 5.41) is 16.4. The van der Waals surface area contributed by atoms with Gasteiger partial charge in [0.25, 0.3) is 0 Å². The molecule has 29 heavy (non-hydrogen) atoms.